The van der Waals surface area contributed by atoms with Crippen LogP contribution in [-0.2, 0) is 6.54 Å². The van der Waals surface area contributed by atoms with E-state index in [0.717, 1.165) is 31.1 Å². The second-order valence-corrected chi connectivity index (χ2v) is 4.98. The zero-order valence-corrected chi connectivity index (χ0v) is 11.0. The second kappa shape index (κ2) is 5.02. The Bertz CT molecular complexity index is 391. The Morgan fingerprint density at radius 1 is 1.41 bits per heavy atom. The molecule has 1 aliphatic rings. The number of aromatic nitrogens is 1. The molecule has 0 bridgehead atoms. The van der Waals surface area contributed by atoms with Gasteiger partial charge in [0, 0.05) is 37.9 Å². The zero-order valence-electron chi connectivity index (χ0n) is 11.0. The van der Waals surface area contributed by atoms with Crippen molar-refractivity contribution in [1.82, 2.24) is 9.88 Å². The van der Waals surface area contributed by atoms with Crippen LogP contribution < -0.4 is 10.6 Å². The molecule has 1 aromatic heterocycles. The van der Waals surface area contributed by atoms with E-state index >= 15 is 0 Å². The standard InChI is InChI=1S/C13H22N4/c1-10-6-12(8-14)7-13(15-10)17-5-4-16(3)9-11(17)2/h6-7,11H,4-5,8-9,14H2,1-3H3. The monoisotopic (exact) mass is 234 g/mol. The lowest BCUT2D eigenvalue weighted by atomic mass is 10.1. The molecule has 0 amide bonds. The van der Waals surface area contributed by atoms with Crippen LogP contribution in [0.1, 0.15) is 18.2 Å². The van der Waals surface area contributed by atoms with E-state index in [1.807, 2.05) is 6.92 Å². The third-order valence-electron chi connectivity index (χ3n) is 3.36. The maximum atomic E-state index is 5.72. The van der Waals surface area contributed by atoms with Gasteiger partial charge in [0.1, 0.15) is 5.82 Å². The van der Waals surface area contributed by atoms with Gasteiger partial charge in [-0.1, -0.05) is 0 Å². The van der Waals surface area contributed by atoms with Crippen LogP contribution in [-0.4, -0.2) is 42.6 Å². The highest BCUT2D eigenvalue weighted by Gasteiger charge is 2.22. The first-order chi connectivity index (χ1) is 8.10. The molecule has 0 spiro atoms. The number of anilines is 1. The number of pyridine rings is 1. The van der Waals surface area contributed by atoms with Crippen molar-refractivity contribution in [2.75, 3.05) is 31.6 Å². The average Bonchev–Trinajstić information content (AvgIpc) is 2.28. The largest absolute Gasteiger partial charge is 0.351 e. The van der Waals surface area contributed by atoms with Crippen LogP contribution in [0.2, 0.25) is 0 Å². The Balaban J connectivity index is 2.24. The minimum Gasteiger partial charge on any atom is -0.351 e. The molecule has 2 heterocycles. The molecule has 1 saturated heterocycles. The Kier molecular flexibility index (Phi) is 3.64. The van der Waals surface area contributed by atoms with Gasteiger partial charge in [-0.25, -0.2) is 4.98 Å². The molecule has 2 N–H and O–H groups in total. The summed E-state index contributed by atoms with van der Waals surface area (Å²) in [6.45, 7) is 8.09. The molecule has 1 unspecified atom stereocenters. The van der Waals surface area contributed by atoms with Gasteiger partial charge in [-0.05, 0) is 38.6 Å². The second-order valence-electron chi connectivity index (χ2n) is 4.98. The van der Waals surface area contributed by atoms with Gasteiger partial charge in [0.25, 0.3) is 0 Å². The molecule has 4 heteroatoms. The first-order valence-electron chi connectivity index (χ1n) is 6.23. The Labute approximate surface area is 103 Å². The molecule has 94 valence electrons. The van der Waals surface area contributed by atoms with Crippen LogP contribution in [0.5, 0.6) is 0 Å². The summed E-state index contributed by atoms with van der Waals surface area (Å²) in [5.41, 5.74) is 7.93. The van der Waals surface area contributed by atoms with Gasteiger partial charge in [0.15, 0.2) is 0 Å². The molecule has 1 atom stereocenters. The lowest BCUT2D eigenvalue weighted by Crippen LogP contribution is -2.50. The van der Waals surface area contributed by atoms with Crippen LogP contribution in [0.4, 0.5) is 5.82 Å². The Hall–Kier alpha value is -1.13. The first-order valence-corrected chi connectivity index (χ1v) is 6.23. The summed E-state index contributed by atoms with van der Waals surface area (Å²) in [5, 5.41) is 0. The van der Waals surface area contributed by atoms with Crippen molar-refractivity contribution >= 4 is 5.82 Å². The summed E-state index contributed by atoms with van der Waals surface area (Å²) in [7, 11) is 2.17. The summed E-state index contributed by atoms with van der Waals surface area (Å²) in [6.07, 6.45) is 0. The highest BCUT2D eigenvalue weighted by molar-refractivity contribution is 5.44. The number of likely N-dealkylation sites (N-methyl/N-ethyl adjacent to an activating group) is 1. The van der Waals surface area contributed by atoms with Gasteiger partial charge in [-0.3, -0.25) is 0 Å². The predicted molar refractivity (Wildman–Crippen MR) is 71.2 cm³/mol. The lowest BCUT2D eigenvalue weighted by molar-refractivity contribution is 0.274. The summed E-state index contributed by atoms with van der Waals surface area (Å²) in [5.74, 6) is 1.08. The van der Waals surface area contributed by atoms with Crippen molar-refractivity contribution in [1.29, 1.82) is 0 Å². The fourth-order valence-corrected chi connectivity index (χ4v) is 2.47. The van der Waals surface area contributed by atoms with Crippen molar-refractivity contribution in [2.24, 2.45) is 5.73 Å². The maximum absolute atomic E-state index is 5.72. The fourth-order valence-electron chi connectivity index (χ4n) is 2.47. The van der Waals surface area contributed by atoms with Crippen LogP contribution in [0.15, 0.2) is 12.1 Å². The highest BCUT2D eigenvalue weighted by atomic mass is 15.3. The topological polar surface area (TPSA) is 45.4 Å². The number of piperazine rings is 1. The van der Waals surface area contributed by atoms with E-state index < -0.39 is 0 Å². The third kappa shape index (κ3) is 2.76. The van der Waals surface area contributed by atoms with Gasteiger partial charge in [-0.15, -0.1) is 0 Å². The number of hydrogen-bond donors (Lipinski definition) is 1. The molecule has 1 aromatic rings. The number of nitrogens with two attached hydrogens (primary N) is 1. The molecule has 1 aliphatic heterocycles. The van der Waals surface area contributed by atoms with E-state index in [-0.39, 0.29) is 0 Å². The van der Waals surface area contributed by atoms with Crippen LogP contribution in [0.3, 0.4) is 0 Å². The van der Waals surface area contributed by atoms with E-state index in [9.17, 15) is 0 Å². The summed E-state index contributed by atoms with van der Waals surface area (Å²) < 4.78 is 0. The number of hydrogen-bond acceptors (Lipinski definition) is 4. The molecule has 1 fully saturated rings. The minimum absolute atomic E-state index is 0.508. The van der Waals surface area contributed by atoms with Gasteiger partial charge in [-0.2, -0.15) is 0 Å². The van der Waals surface area contributed by atoms with E-state index in [2.05, 4.69) is 40.9 Å². The van der Waals surface area contributed by atoms with Gasteiger partial charge in [0.05, 0.1) is 0 Å². The molecular weight excluding hydrogens is 212 g/mol. The third-order valence-corrected chi connectivity index (χ3v) is 3.36. The normalized spacial score (nSPS) is 21.9. The van der Waals surface area contributed by atoms with E-state index in [1.54, 1.807) is 0 Å². The van der Waals surface area contributed by atoms with E-state index in [1.165, 1.54) is 5.56 Å². The molecule has 17 heavy (non-hydrogen) atoms. The number of aryl methyl sites for hydroxylation is 1. The Morgan fingerprint density at radius 2 is 2.18 bits per heavy atom. The zero-order chi connectivity index (χ0) is 12.4. The smallest absolute Gasteiger partial charge is 0.129 e. The van der Waals surface area contributed by atoms with Crippen LogP contribution >= 0.6 is 0 Å². The summed E-state index contributed by atoms with van der Waals surface area (Å²) >= 11 is 0. The van der Waals surface area contributed by atoms with Gasteiger partial charge in [0.2, 0.25) is 0 Å². The van der Waals surface area contributed by atoms with Gasteiger partial charge >= 0.3 is 0 Å². The van der Waals surface area contributed by atoms with Crippen molar-refractivity contribution < 1.29 is 0 Å². The van der Waals surface area contributed by atoms with Crippen LogP contribution in [0.25, 0.3) is 0 Å². The maximum Gasteiger partial charge on any atom is 0.129 e. The van der Waals surface area contributed by atoms with Crippen molar-refractivity contribution in [3.63, 3.8) is 0 Å². The van der Waals surface area contributed by atoms with Crippen molar-refractivity contribution in [2.45, 2.75) is 26.4 Å². The molecular formula is C13H22N4. The fraction of sp³-hybridized carbons (Fsp3) is 0.615. The highest BCUT2D eigenvalue weighted by Crippen LogP contribution is 2.20. The molecule has 0 saturated carbocycles. The summed E-state index contributed by atoms with van der Waals surface area (Å²) in [4.78, 5) is 9.38. The van der Waals surface area contributed by atoms with Crippen molar-refractivity contribution in [3.05, 3.63) is 23.4 Å². The Morgan fingerprint density at radius 3 is 2.82 bits per heavy atom. The van der Waals surface area contributed by atoms with E-state index in [0.29, 0.717) is 12.6 Å². The number of nitrogens with zero attached hydrogens (tertiary/aromatic N) is 3. The summed E-state index contributed by atoms with van der Waals surface area (Å²) in [6, 6.07) is 4.69. The minimum atomic E-state index is 0.508. The number of rotatable bonds is 2. The van der Waals surface area contributed by atoms with E-state index in [4.69, 9.17) is 5.73 Å². The van der Waals surface area contributed by atoms with Gasteiger partial charge < -0.3 is 15.5 Å². The molecule has 2 rings (SSSR count). The predicted octanol–water partition coefficient (Wildman–Crippen LogP) is 0.989. The molecule has 0 aromatic carbocycles. The van der Waals surface area contributed by atoms with Crippen LogP contribution in [0, 0.1) is 6.92 Å². The molecule has 0 aliphatic carbocycles. The average molecular weight is 234 g/mol. The SMILES string of the molecule is Cc1cc(CN)cc(N2CCN(C)CC2C)n1. The van der Waals surface area contributed by atoms with Crippen molar-refractivity contribution in [3.8, 4) is 0 Å². The lowest BCUT2D eigenvalue weighted by Gasteiger charge is -2.39. The first kappa shape index (κ1) is 12.3. The quantitative estimate of drug-likeness (QED) is 0.829. The molecule has 4 nitrogen and oxygen atoms in total. The molecule has 0 radical (unpaired) electrons.